The predicted molar refractivity (Wildman–Crippen MR) is 112 cm³/mol. The zero-order valence-corrected chi connectivity index (χ0v) is 18.8. The number of fused-ring (bicyclic) bond motifs is 5. The molecule has 164 valence electrons. The molecule has 0 aromatic carbocycles. The summed E-state index contributed by atoms with van der Waals surface area (Å²) in [5.74, 6) is 3.08. The number of esters is 1. The van der Waals surface area contributed by atoms with Crippen molar-refractivity contribution >= 4 is 11.8 Å². The van der Waals surface area contributed by atoms with Gasteiger partial charge in [0.15, 0.2) is 0 Å². The molecule has 0 aromatic rings. The Morgan fingerprint density at radius 1 is 1.14 bits per heavy atom. The SMILES string of the molecule is COC(=O)CCC(C)[C@H]1CC[C@H]2[C@@H]3C(=O)C[C@@H]4C[C@H](O)CC[C@]4(C)[C@H]3CC[C@]12C. The Balaban J connectivity index is 1.53. The van der Waals surface area contributed by atoms with Crippen molar-refractivity contribution in [2.45, 2.75) is 91.1 Å². The summed E-state index contributed by atoms with van der Waals surface area (Å²) in [7, 11) is 1.47. The summed E-state index contributed by atoms with van der Waals surface area (Å²) in [6.07, 6.45) is 9.40. The van der Waals surface area contributed by atoms with Crippen molar-refractivity contribution in [3.05, 3.63) is 0 Å². The molecule has 0 heterocycles. The van der Waals surface area contributed by atoms with Crippen LogP contribution in [0.3, 0.4) is 0 Å². The van der Waals surface area contributed by atoms with Crippen LogP contribution in [0.1, 0.15) is 85.0 Å². The molecule has 0 aliphatic heterocycles. The van der Waals surface area contributed by atoms with E-state index in [9.17, 15) is 14.7 Å². The number of carbonyl (C=O) groups excluding carboxylic acids is 2. The lowest BCUT2D eigenvalue weighted by Gasteiger charge is -2.60. The summed E-state index contributed by atoms with van der Waals surface area (Å²) >= 11 is 0. The van der Waals surface area contributed by atoms with E-state index in [1.54, 1.807) is 0 Å². The van der Waals surface area contributed by atoms with Gasteiger partial charge in [0.1, 0.15) is 5.78 Å². The van der Waals surface area contributed by atoms with Crippen LogP contribution in [0.25, 0.3) is 0 Å². The molecule has 9 atom stereocenters. The van der Waals surface area contributed by atoms with Crippen LogP contribution in [-0.4, -0.2) is 30.1 Å². The van der Waals surface area contributed by atoms with Gasteiger partial charge in [-0.25, -0.2) is 0 Å². The number of ketones is 1. The molecule has 1 N–H and O–H groups in total. The molecule has 4 saturated carbocycles. The molecule has 0 amide bonds. The van der Waals surface area contributed by atoms with Crippen molar-refractivity contribution in [2.24, 2.45) is 46.3 Å². The van der Waals surface area contributed by atoms with Crippen LogP contribution < -0.4 is 0 Å². The highest BCUT2D eigenvalue weighted by atomic mass is 16.5. The molecule has 4 fully saturated rings. The van der Waals surface area contributed by atoms with Gasteiger partial charge in [0.05, 0.1) is 13.2 Å². The zero-order chi connectivity index (χ0) is 21.0. The zero-order valence-electron chi connectivity index (χ0n) is 18.8. The fourth-order valence-electron chi connectivity index (χ4n) is 8.53. The summed E-state index contributed by atoms with van der Waals surface area (Å²) in [4.78, 5) is 25.0. The normalized spacial score (nSPS) is 47.7. The van der Waals surface area contributed by atoms with Crippen molar-refractivity contribution < 1.29 is 19.4 Å². The molecular formula is C25H40O4. The number of methoxy groups -OCH3 is 1. The van der Waals surface area contributed by atoms with E-state index in [2.05, 4.69) is 20.8 Å². The molecule has 0 spiro atoms. The van der Waals surface area contributed by atoms with E-state index in [1.807, 2.05) is 0 Å². The lowest BCUT2D eigenvalue weighted by Crippen LogP contribution is -2.57. The Morgan fingerprint density at radius 3 is 2.55 bits per heavy atom. The second kappa shape index (κ2) is 7.66. The van der Waals surface area contributed by atoms with Crippen LogP contribution in [0.5, 0.6) is 0 Å². The average molecular weight is 405 g/mol. The third-order valence-corrected chi connectivity index (χ3v) is 10.2. The number of rotatable bonds is 4. The topological polar surface area (TPSA) is 63.6 Å². The molecular weight excluding hydrogens is 364 g/mol. The van der Waals surface area contributed by atoms with Crippen LogP contribution >= 0.6 is 0 Å². The first-order valence-electron chi connectivity index (χ1n) is 12.0. The Bertz CT molecular complexity index is 659. The van der Waals surface area contributed by atoms with Crippen LogP contribution in [0, 0.1) is 46.3 Å². The van der Waals surface area contributed by atoms with Gasteiger partial charge in [0.2, 0.25) is 0 Å². The first-order chi connectivity index (χ1) is 13.7. The minimum atomic E-state index is -0.210. The van der Waals surface area contributed by atoms with Gasteiger partial charge >= 0.3 is 5.97 Å². The quantitative estimate of drug-likeness (QED) is 0.685. The van der Waals surface area contributed by atoms with Crippen LogP contribution in [0.4, 0.5) is 0 Å². The number of hydrogen-bond acceptors (Lipinski definition) is 4. The molecule has 0 saturated heterocycles. The van der Waals surface area contributed by atoms with Crippen LogP contribution in [-0.2, 0) is 14.3 Å². The second-order valence-electron chi connectivity index (χ2n) is 11.4. The van der Waals surface area contributed by atoms with E-state index < -0.39 is 0 Å². The van der Waals surface area contributed by atoms with Crippen molar-refractivity contribution in [3.8, 4) is 0 Å². The molecule has 4 nitrogen and oxygen atoms in total. The Hall–Kier alpha value is -0.900. The van der Waals surface area contributed by atoms with Crippen molar-refractivity contribution in [1.29, 1.82) is 0 Å². The highest BCUT2D eigenvalue weighted by molar-refractivity contribution is 5.83. The van der Waals surface area contributed by atoms with Gasteiger partial charge in [-0.1, -0.05) is 20.8 Å². The van der Waals surface area contributed by atoms with Gasteiger partial charge in [-0.2, -0.15) is 0 Å². The molecule has 4 heteroatoms. The average Bonchev–Trinajstić information content (AvgIpc) is 3.04. The fourth-order valence-corrected chi connectivity index (χ4v) is 8.53. The monoisotopic (exact) mass is 404 g/mol. The number of aliphatic hydroxyl groups is 1. The van der Waals surface area contributed by atoms with Gasteiger partial charge in [-0.15, -0.1) is 0 Å². The summed E-state index contributed by atoms with van der Waals surface area (Å²) in [5, 5.41) is 10.2. The molecule has 4 aliphatic carbocycles. The van der Waals surface area contributed by atoms with Gasteiger partial charge in [0.25, 0.3) is 0 Å². The second-order valence-corrected chi connectivity index (χ2v) is 11.4. The summed E-state index contributed by atoms with van der Waals surface area (Å²) in [5.41, 5.74) is 0.456. The molecule has 0 bridgehead atoms. The first kappa shape index (κ1) is 21.3. The minimum Gasteiger partial charge on any atom is -0.469 e. The number of aliphatic hydroxyl groups excluding tert-OH is 1. The van der Waals surface area contributed by atoms with Crippen LogP contribution in [0.15, 0.2) is 0 Å². The van der Waals surface area contributed by atoms with E-state index in [0.717, 1.165) is 32.1 Å². The Morgan fingerprint density at radius 2 is 1.83 bits per heavy atom. The third-order valence-electron chi connectivity index (χ3n) is 10.2. The fraction of sp³-hybridized carbons (Fsp3) is 0.920. The Labute approximate surface area is 176 Å². The van der Waals surface area contributed by atoms with E-state index in [4.69, 9.17) is 4.74 Å². The van der Waals surface area contributed by atoms with Crippen molar-refractivity contribution in [1.82, 2.24) is 0 Å². The number of Topliss-reactive ketones (excluding diaryl/α,β-unsaturated/α-hetero) is 1. The van der Waals surface area contributed by atoms with E-state index in [-0.39, 0.29) is 28.8 Å². The van der Waals surface area contributed by atoms with Crippen molar-refractivity contribution in [2.75, 3.05) is 7.11 Å². The molecule has 0 radical (unpaired) electrons. The number of hydrogen-bond donors (Lipinski definition) is 1. The number of carbonyl (C=O) groups is 2. The summed E-state index contributed by atoms with van der Waals surface area (Å²) in [6.45, 7) is 7.18. The largest absolute Gasteiger partial charge is 0.469 e. The van der Waals surface area contributed by atoms with E-state index >= 15 is 0 Å². The minimum absolute atomic E-state index is 0.110. The maximum atomic E-state index is 13.4. The molecule has 1 unspecified atom stereocenters. The van der Waals surface area contributed by atoms with Gasteiger partial charge in [0, 0.05) is 18.8 Å². The standard InChI is InChI=1S/C25H40O4/c1-15(5-8-22(28)29-4)18-6-7-19-23-20(10-12-25(18,19)3)24(2)11-9-17(26)13-16(24)14-21(23)27/h15-20,23,26H,5-14H2,1-4H3/t15?,16-,17+,18+,19-,20-,23-,24-,25+/m0/s1. The van der Waals surface area contributed by atoms with E-state index in [1.165, 1.54) is 26.4 Å². The highest BCUT2D eigenvalue weighted by Crippen LogP contribution is 2.67. The smallest absolute Gasteiger partial charge is 0.305 e. The maximum absolute atomic E-state index is 13.4. The number of ether oxygens (including phenoxy) is 1. The lowest BCUT2D eigenvalue weighted by molar-refractivity contribution is -0.160. The summed E-state index contributed by atoms with van der Waals surface area (Å²) < 4.78 is 4.85. The molecule has 4 rings (SSSR count). The Kier molecular flexibility index (Phi) is 5.63. The first-order valence-corrected chi connectivity index (χ1v) is 12.0. The van der Waals surface area contributed by atoms with Crippen molar-refractivity contribution in [3.63, 3.8) is 0 Å². The molecule has 29 heavy (non-hydrogen) atoms. The van der Waals surface area contributed by atoms with Gasteiger partial charge < -0.3 is 9.84 Å². The maximum Gasteiger partial charge on any atom is 0.305 e. The third kappa shape index (κ3) is 3.38. The molecule has 0 aromatic heterocycles. The summed E-state index contributed by atoms with van der Waals surface area (Å²) in [6, 6.07) is 0. The van der Waals surface area contributed by atoms with Gasteiger partial charge in [-0.05, 0) is 91.8 Å². The lowest BCUT2D eigenvalue weighted by atomic mass is 9.44. The molecule has 4 aliphatic rings. The highest BCUT2D eigenvalue weighted by Gasteiger charge is 2.62. The van der Waals surface area contributed by atoms with E-state index in [0.29, 0.717) is 48.2 Å². The van der Waals surface area contributed by atoms with Crippen LogP contribution in [0.2, 0.25) is 0 Å². The van der Waals surface area contributed by atoms with Gasteiger partial charge in [-0.3, -0.25) is 9.59 Å². The predicted octanol–water partition coefficient (Wildman–Crippen LogP) is 4.77.